The molecular weight excluding hydrogens is 276 g/mol. The fourth-order valence-corrected chi connectivity index (χ4v) is 3.62. The van der Waals surface area contributed by atoms with E-state index < -0.39 is 0 Å². The minimum absolute atomic E-state index is 0.272. The van der Waals surface area contributed by atoms with Gasteiger partial charge in [-0.2, -0.15) is 11.3 Å². The number of hydrogen-bond acceptors (Lipinski definition) is 5. The van der Waals surface area contributed by atoms with Gasteiger partial charge < -0.3 is 10.1 Å². The van der Waals surface area contributed by atoms with Crippen molar-refractivity contribution < 1.29 is 4.74 Å². The van der Waals surface area contributed by atoms with Crippen molar-refractivity contribution in [2.24, 2.45) is 0 Å². The average Bonchev–Trinajstić information content (AvgIpc) is 3.06. The number of hydrogen-bond donors (Lipinski definition) is 1. The highest BCUT2D eigenvalue weighted by Gasteiger charge is 2.09. The van der Waals surface area contributed by atoms with E-state index in [1.807, 2.05) is 18.2 Å². The van der Waals surface area contributed by atoms with Gasteiger partial charge in [-0.05, 0) is 47.5 Å². The Balaban J connectivity index is 1.85. The predicted octanol–water partition coefficient (Wildman–Crippen LogP) is 4.54. The van der Waals surface area contributed by atoms with Gasteiger partial charge in [0.2, 0.25) is 0 Å². The minimum Gasteiger partial charge on any atom is -0.497 e. The van der Waals surface area contributed by atoms with Crippen LogP contribution in [0.15, 0.2) is 35.0 Å². The summed E-state index contributed by atoms with van der Waals surface area (Å²) in [5.41, 5.74) is 2.30. The van der Waals surface area contributed by atoms with E-state index in [1.165, 1.54) is 5.56 Å². The monoisotopic (exact) mass is 290 g/mol. The standard InChI is InChI=1S/C14H14N2OS2/c1-9(10-5-6-18-8-10)15-14-16-12-4-3-11(17-2)7-13(12)19-14/h3-9H,1-2H3,(H,15,16). The molecule has 98 valence electrons. The maximum absolute atomic E-state index is 5.23. The molecule has 0 amide bonds. The van der Waals surface area contributed by atoms with Crippen molar-refractivity contribution in [2.75, 3.05) is 12.4 Å². The molecule has 1 aromatic carbocycles. The van der Waals surface area contributed by atoms with E-state index in [0.29, 0.717) is 0 Å². The topological polar surface area (TPSA) is 34.1 Å². The molecule has 2 aromatic heterocycles. The van der Waals surface area contributed by atoms with Crippen molar-refractivity contribution in [3.8, 4) is 5.75 Å². The average molecular weight is 290 g/mol. The van der Waals surface area contributed by atoms with Crippen LogP contribution < -0.4 is 10.1 Å². The summed E-state index contributed by atoms with van der Waals surface area (Å²) in [5.74, 6) is 0.869. The van der Waals surface area contributed by atoms with Crippen molar-refractivity contribution >= 4 is 38.0 Å². The summed E-state index contributed by atoms with van der Waals surface area (Å²) in [4.78, 5) is 4.59. The highest BCUT2D eigenvalue weighted by Crippen LogP contribution is 2.31. The number of aromatic nitrogens is 1. The molecule has 0 aliphatic carbocycles. The molecule has 3 aromatic rings. The number of anilines is 1. The van der Waals surface area contributed by atoms with Crippen molar-refractivity contribution in [1.82, 2.24) is 4.98 Å². The number of thiazole rings is 1. The Bertz CT molecular complexity index is 676. The zero-order valence-electron chi connectivity index (χ0n) is 10.7. The molecule has 0 bridgehead atoms. The first-order valence-electron chi connectivity index (χ1n) is 5.99. The van der Waals surface area contributed by atoms with Crippen molar-refractivity contribution in [2.45, 2.75) is 13.0 Å². The summed E-state index contributed by atoms with van der Waals surface area (Å²) < 4.78 is 6.37. The van der Waals surface area contributed by atoms with Gasteiger partial charge in [-0.25, -0.2) is 4.98 Å². The van der Waals surface area contributed by atoms with Gasteiger partial charge in [-0.15, -0.1) is 0 Å². The van der Waals surface area contributed by atoms with Crippen LogP contribution in [0.25, 0.3) is 10.2 Å². The van der Waals surface area contributed by atoms with Crippen molar-refractivity contribution in [1.29, 1.82) is 0 Å². The molecule has 1 unspecified atom stereocenters. The van der Waals surface area contributed by atoms with Crippen molar-refractivity contribution in [3.63, 3.8) is 0 Å². The maximum Gasteiger partial charge on any atom is 0.184 e. The first-order chi connectivity index (χ1) is 9.26. The number of nitrogens with one attached hydrogen (secondary N) is 1. The van der Waals surface area contributed by atoms with Gasteiger partial charge in [0, 0.05) is 0 Å². The van der Waals surface area contributed by atoms with Crippen LogP contribution in [0.5, 0.6) is 5.75 Å². The van der Waals surface area contributed by atoms with E-state index in [1.54, 1.807) is 29.8 Å². The van der Waals surface area contributed by atoms with Crippen LogP contribution in [0.4, 0.5) is 5.13 Å². The van der Waals surface area contributed by atoms with Crippen LogP contribution in [0.2, 0.25) is 0 Å². The number of benzene rings is 1. The lowest BCUT2D eigenvalue weighted by molar-refractivity contribution is 0.415. The summed E-state index contributed by atoms with van der Waals surface area (Å²) in [6.07, 6.45) is 0. The first kappa shape index (κ1) is 12.4. The Morgan fingerprint density at radius 1 is 1.32 bits per heavy atom. The molecule has 1 atom stereocenters. The third-order valence-electron chi connectivity index (χ3n) is 2.98. The number of rotatable bonds is 4. The smallest absolute Gasteiger partial charge is 0.184 e. The van der Waals surface area contributed by atoms with E-state index in [-0.39, 0.29) is 6.04 Å². The van der Waals surface area contributed by atoms with E-state index in [9.17, 15) is 0 Å². The molecule has 1 N–H and O–H groups in total. The van der Waals surface area contributed by atoms with Gasteiger partial charge in [-0.3, -0.25) is 0 Å². The van der Waals surface area contributed by atoms with Gasteiger partial charge in [0.25, 0.3) is 0 Å². The second-order valence-corrected chi connectivity index (χ2v) is 6.09. The number of ether oxygens (including phenoxy) is 1. The molecule has 19 heavy (non-hydrogen) atoms. The summed E-state index contributed by atoms with van der Waals surface area (Å²) in [7, 11) is 1.68. The number of nitrogens with zero attached hydrogens (tertiary/aromatic N) is 1. The van der Waals surface area contributed by atoms with Gasteiger partial charge in [0.15, 0.2) is 5.13 Å². The van der Waals surface area contributed by atoms with E-state index in [4.69, 9.17) is 4.74 Å². The number of fused-ring (bicyclic) bond motifs is 1. The Labute approximate surface area is 119 Å². The summed E-state index contributed by atoms with van der Waals surface area (Å²) >= 11 is 3.37. The molecule has 0 aliphatic rings. The van der Waals surface area contributed by atoms with Crippen LogP contribution in [0, 0.1) is 0 Å². The molecule has 5 heteroatoms. The zero-order chi connectivity index (χ0) is 13.2. The van der Waals surface area contributed by atoms with Gasteiger partial charge in [0.05, 0.1) is 23.4 Å². The summed E-state index contributed by atoms with van der Waals surface area (Å²) in [5, 5.41) is 8.65. The van der Waals surface area contributed by atoms with Gasteiger partial charge in [0.1, 0.15) is 5.75 Å². The molecule has 0 saturated heterocycles. The van der Waals surface area contributed by atoms with Crippen LogP contribution in [0.1, 0.15) is 18.5 Å². The quantitative estimate of drug-likeness (QED) is 0.766. The van der Waals surface area contributed by atoms with E-state index in [2.05, 4.69) is 34.1 Å². The summed E-state index contributed by atoms with van der Waals surface area (Å²) in [6, 6.07) is 8.36. The molecule has 0 fully saturated rings. The lowest BCUT2D eigenvalue weighted by Crippen LogP contribution is -2.04. The first-order valence-corrected chi connectivity index (χ1v) is 7.75. The highest BCUT2D eigenvalue weighted by molar-refractivity contribution is 7.22. The SMILES string of the molecule is COc1ccc2nc(NC(C)c3ccsc3)sc2c1. The van der Waals surface area contributed by atoms with Gasteiger partial charge in [-0.1, -0.05) is 11.3 Å². The molecule has 0 spiro atoms. The van der Waals surface area contributed by atoms with Gasteiger partial charge >= 0.3 is 0 Å². The Morgan fingerprint density at radius 3 is 2.95 bits per heavy atom. The Kier molecular flexibility index (Phi) is 3.40. The van der Waals surface area contributed by atoms with Crippen LogP contribution in [-0.2, 0) is 0 Å². The molecule has 0 aliphatic heterocycles. The lowest BCUT2D eigenvalue weighted by atomic mass is 10.2. The maximum atomic E-state index is 5.23. The fourth-order valence-electron chi connectivity index (χ4n) is 1.88. The third kappa shape index (κ3) is 2.57. The third-order valence-corrected chi connectivity index (χ3v) is 4.63. The number of methoxy groups -OCH3 is 1. The molecule has 0 saturated carbocycles. The fraction of sp³-hybridized carbons (Fsp3) is 0.214. The molecule has 3 rings (SSSR count). The van der Waals surface area contributed by atoms with E-state index >= 15 is 0 Å². The second-order valence-electron chi connectivity index (χ2n) is 4.28. The second kappa shape index (κ2) is 5.19. The molecular formula is C14H14N2OS2. The molecule has 2 heterocycles. The normalized spacial score (nSPS) is 12.5. The van der Waals surface area contributed by atoms with Crippen LogP contribution >= 0.6 is 22.7 Å². The lowest BCUT2D eigenvalue weighted by Gasteiger charge is -2.10. The van der Waals surface area contributed by atoms with Crippen LogP contribution in [-0.4, -0.2) is 12.1 Å². The largest absolute Gasteiger partial charge is 0.497 e. The van der Waals surface area contributed by atoms with E-state index in [0.717, 1.165) is 21.1 Å². The summed E-state index contributed by atoms with van der Waals surface area (Å²) in [6.45, 7) is 2.15. The Morgan fingerprint density at radius 2 is 2.21 bits per heavy atom. The molecule has 3 nitrogen and oxygen atoms in total. The van der Waals surface area contributed by atoms with Crippen molar-refractivity contribution in [3.05, 3.63) is 40.6 Å². The number of thiophene rings is 1. The minimum atomic E-state index is 0.272. The molecule has 0 radical (unpaired) electrons. The predicted molar refractivity (Wildman–Crippen MR) is 82.5 cm³/mol. The zero-order valence-corrected chi connectivity index (χ0v) is 12.3. The highest BCUT2D eigenvalue weighted by atomic mass is 32.1. The Hall–Kier alpha value is -1.59. The van der Waals surface area contributed by atoms with Crippen LogP contribution in [0.3, 0.4) is 0 Å².